The number of ketones is 2. The summed E-state index contributed by atoms with van der Waals surface area (Å²) in [7, 11) is 0. The standard InChI is InChI=1S/C18H21ClN2O2/c1-18(2)8-11(16-15(22)7-13(19)17(16)23)12(10-20)14(9-18)21-5-3-4-6-21/h13H,3-9H2,1-2H3/b16-11-. The maximum Gasteiger partial charge on any atom is 0.185 e. The Morgan fingerprint density at radius 2 is 1.87 bits per heavy atom. The van der Waals surface area contributed by atoms with Crippen molar-refractivity contribution in [1.29, 1.82) is 5.26 Å². The van der Waals surface area contributed by atoms with Gasteiger partial charge in [0, 0.05) is 25.2 Å². The first-order valence-corrected chi connectivity index (χ1v) is 8.61. The Kier molecular flexibility index (Phi) is 4.10. The molecule has 4 nitrogen and oxygen atoms in total. The lowest BCUT2D eigenvalue weighted by Crippen LogP contribution is -2.31. The maximum atomic E-state index is 12.4. The quantitative estimate of drug-likeness (QED) is 0.420. The van der Waals surface area contributed by atoms with E-state index in [-0.39, 0.29) is 29.0 Å². The average Bonchev–Trinajstić information content (AvgIpc) is 3.07. The molecule has 0 aromatic heterocycles. The predicted octanol–water partition coefficient (Wildman–Crippen LogP) is 3.13. The second-order valence-corrected chi connectivity index (χ2v) is 7.98. The van der Waals surface area contributed by atoms with E-state index in [1.54, 1.807) is 0 Å². The van der Waals surface area contributed by atoms with Crippen molar-refractivity contribution in [3.05, 3.63) is 22.4 Å². The Morgan fingerprint density at radius 3 is 2.39 bits per heavy atom. The minimum absolute atomic E-state index is 0.0530. The summed E-state index contributed by atoms with van der Waals surface area (Å²) in [6.07, 6.45) is 3.67. The molecule has 3 aliphatic rings. The van der Waals surface area contributed by atoms with Gasteiger partial charge in [0.1, 0.15) is 11.4 Å². The molecule has 1 unspecified atom stereocenters. The van der Waals surface area contributed by atoms with E-state index >= 15 is 0 Å². The number of nitrogens with zero attached hydrogens (tertiary/aromatic N) is 2. The molecule has 1 saturated carbocycles. The van der Waals surface area contributed by atoms with Crippen molar-refractivity contribution in [1.82, 2.24) is 4.90 Å². The number of hydrogen-bond acceptors (Lipinski definition) is 4. The van der Waals surface area contributed by atoms with Crippen LogP contribution in [0.25, 0.3) is 0 Å². The SMILES string of the molecule is CC1(C)CC(N2CCCC2)=C(C#N)/C(=C2/C(=O)CC(Cl)C2=O)C1. The van der Waals surface area contributed by atoms with E-state index in [0.29, 0.717) is 17.6 Å². The van der Waals surface area contributed by atoms with Crippen molar-refractivity contribution in [2.45, 2.75) is 51.3 Å². The van der Waals surface area contributed by atoms with Crippen molar-refractivity contribution < 1.29 is 9.59 Å². The van der Waals surface area contributed by atoms with Gasteiger partial charge in [0.05, 0.1) is 11.1 Å². The van der Waals surface area contributed by atoms with Crippen LogP contribution in [-0.4, -0.2) is 34.9 Å². The second-order valence-electron chi connectivity index (χ2n) is 7.46. The molecular formula is C18H21ClN2O2. The van der Waals surface area contributed by atoms with Gasteiger partial charge in [0.2, 0.25) is 0 Å². The molecule has 0 spiro atoms. The molecule has 3 rings (SSSR count). The van der Waals surface area contributed by atoms with Gasteiger partial charge in [-0.25, -0.2) is 0 Å². The van der Waals surface area contributed by atoms with Gasteiger partial charge in [-0.3, -0.25) is 9.59 Å². The largest absolute Gasteiger partial charge is 0.374 e. The monoisotopic (exact) mass is 332 g/mol. The Morgan fingerprint density at radius 1 is 1.22 bits per heavy atom. The zero-order valence-corrected chi connectivity index (χ0v) is 14.4. The zero-order valence-electron chi connectivity index (χ0n) is 13.6. The molecular weight excluding hydrogens is 312 g/mol. The van der Waals surface area contributed by atoms with Crippen molar-refractivity contribution in [3.63, 3.8) is 0 Å². The summed E-state index contributed by atoms with van der Waals surface area (Å²) in [6, 6.07) is 2.28. The number of rotatable bonds is 1. The molecule has 5 heteroatoms. The highest BCUT2D eigenvalue weighted by Crippen LogP contribution is 2.46. The number of carbonyl (C=O) groups is 2. The van der Waals surface area contributed by atoms with Gasteiger partial charge in [-0.15, -0.1) is 11.6 Å². The molecule has 2 aliphatic carbocycles. The highest BCUT2D eigenvalue weighted by Gasteiger charge is 2.42. The third kappa shape index (κ3) is 2.83. The van der Waals surface area contributed by atoms with Crippen molar-refractivity contribution >= 4 is 23.2 Å². The van der Waals surface area contributed by atoms with Crippen molar-refractivity contribution in [2.24, 2.45) is 5.41 Å². The van der Waals surface area contributed by atoms with Crippen molar-refractivity contribution in [3.8, 4) is 6.07 Å². The van der Waals surface area contributed by atoms with Crippen LogP contribution < -0.4 is 0 Å². The van der Waals surface area contributed by atoms with Crippen LogP contribution in [0.3, 0.4) is 0 Å². The van der Waals surface area contributed by atoms with Crippen LogP contribution in [0.15, 0.2) is 22.4 Å². The van der Waals surface area contributed by atoms with E-state index in [1.807, 2.05) is 0 Å². The fourth-order valence-electron chi connectivity index (χ4n) is 3.92. The van der Waals surface area contributed by atoms with E-state index in [4.69, 9.17) is 11.6 Å². The third-order valence-electron chi connectivity index (χ3n) is 4.97. The van der Waals surface area contributed by atoms with Crippen molar-refractivity contribution in [2.75, 3.05) is 13.1 Å². The van der Waals surface area contributed by atoms with Crippen LogP contribution in [0.2, 0.25) is 0 Å². The number of likely N-dealkylation sites (tertiary alicyclic amines) is 1. The fourth-order valence-corrected chi connectivity index (χ4v) is 4.17. The number of hydrogen-bond donors (Lipinski definition) is 0. The van der Waals surface area contributed by atoms with Crippen LogP contribution >= 0.6 is 11.6 Å². The normalized spacial score (nSPS) is 31.0. The van der Waals surface area contributed by atoms with E-state index in [1.165, 1.54) is 0 Å². The van der Waals surface area contributed by atoms with Crippen LogP contribution in [0, 0.1) is 16.7 Å². The van der Waals surface area contributed by atoms with E-state index in [0.717, 1.165) is 38.0 Å². The van der Waals surface area contributed by atoms with Gasteiger partial charge in [-0.05, 0) is 36.7 Å². The van der Waals surface area contributed by atoms with Crippen LogP contribution in [0.5, 0.6) is 0 Å². The Hall–Kier alpha value is -1.60. The second kappa shape index (κ2) is 5.79. The summed E-state index contributed by atoms with van der Waals surface area (Å²) < 4.78 is 0. The Balaban J connectivity index is 2.18. The summed E-state index contributed by atoms with van der Waals surface area (Å²) in [5, 5.41) is 8.96. The van der Waals surface area contributed by atoms with Crippen LogP contribution in [0.1, 0.15) is 46.0 Å². The summed E-state index contributed by atoms with van der Waals surface area (Å²) >= 11 is 5.98. The summed E-state index contributed by atoms with van der Waals surface area (Å²) in [6.45, 7) is 6.14. The van der Waals surface area contributed by atoms with Crippen LogP contribution in [0.4, 0.5) is 0 Å². The number of Topliss-reactive ketones (excluding diaryl/α,β-unsaturated/α-hetero) is 2. The first kappa shape index (κ1) is 16.3. The molecule has 122 valence electrons. The van der Waals surface area contributed by atoms with Gasteiger partial charge in [-0.1, -0.05) is 13.8 Å². The Labute approximate surface area is 141 Å². The fraction of sp³-hybridized carbons (Fsp3) is 0.611. The molecule has 1 saturated heterocycles. The molecule has 0 radical (unpaired) electrons. The lowest BCUT2D eigenvalue weighted by Gasteiger charge is -2.37. The predicted molar refractivity (Wildman–Crippen MR) is 87.8 cm³/mol. The van der Waals surface area contributed by atoms with Gasteiger partial charge < -0.3 is 4.90 Å². The van der Waals surface area contributed by atoms with Crippen LogP contribution in [-0.2, 0) is 9.59 Å². The lowest BCUT2D eigenvalue weighted by atomic mass is 9.72. The third-order valence-corrected chi connectivity index (χ3v) is 5.32. The first-order valence-electron chi connectivity index (χ1n) is 8.17. The smallest absolute Gasteiger partial charge is 0.185 e. The topological polar surface area (TPSA) is 61.2 Å². The number of halogens is 1. The first-order chi connectivity index (χ1) is 10.8. The molecule has 1 aliphatic heterocycles. The van der Waals surface area contributed by atoms with Gasteiger partial charge in [0.15, 0.2) is 11.6 Å². The average molecular weight is 333 g/mol. The molecule has 1 atom stereocenters. The molecule has 0 N–H and O–H groups in total. The molecule has 0 amide bonds. The number of nitriles is 1. The number of allylic oxidation sites excluding steroid dienone is 4. The molecule has 0 aromatic carbocycles. The molecule has 1 heterocycles. The minimum Gasteiger partial charge on any atom is -0.374 e. The molecule has 0 aromatic rings. The zero-order chi connectivity index (χ0) is 16.8. The minimum atomic E-state index is -0.773. The van der Waals surface area contributed by atoms with E-state index in [2.05, 4.69) is 24.8 Å². The Bertz CT molecular complexity index is 676. The number of alkyl halides is 1. The highest BCUT2D eigenvalue weighted by molar-refractivity contribution is 6.44. The number of carbonyl (C=O) groups excluding carboxylic acids is 2. The summed E-state index contributed by atoms with van der Waals surface area (Å²) in [5.41, 5.74) is 2.27. The molecule has 23 heavy (non-hydrogen) atoms. The highest BCUT2D eigenvalue weighted by atomic mass is 35.5. The summed E-state index contributed by atoms with van der Waals surface area (Å²) in [5.74, 6) is -0.519. The van der Waals surface area contributed by atoms with Gasteiger partial charge in [-0.2, -0.15) is 5.26 Å². The maximum absolute atomic E-state index is 12.4. The van der Waals surface area contributed by atoms with E-state index < -0.39 is 5.38 Å². The lowest BCUT2D eigenvalue weighted by molar-refractivity contribution is -0.116. The van der Waals surface area contributed by atoms with E-state index in [9.17, 15) is 14.9 Å². The molecule has 2 fully saturated rings. The molecule has 0 bridgehead atoms. The van der Waals surface area contributed by atoms with Gasteiger partial charge >= 0.3 is 0 Å². The summed E-state index contributed by atoms with van der Waals surface area (Å²) in [4.78, 5) is 26.9. The van der Waals surface area contributed by atoms with Gasteiger partial charge in [0.25, 0.3) is 0 Å².